The Labute approximate surface area is 60.3 Å². The normalized spacial score (nSPS) is 11.6. The van der Waals surface area contributed by atoms with Crippen molar-refractivity contribution in [3.8, 4) is 0 Å². The first-order valence-electron chi connectivity index (χ1n) is 3.15. The minimum absolute atomic E-state index is 0.531. The van der Waals surface area contributed by atoms with Gasteiger partial charge in [0.1, 0.15) is 0 Å². The van der Waals surface area contributed by atoms with Gasteiger partial charge in [-0.25, -0.2) is 4.21 Å². The van der Waals surface area contributed by atoms with Crippen LogP contribution in [0.3, 0.4) is 0 Å². The van der Waals surface area contributed by atoms with Gasteiger partial charge < -0.3 is 0 Å². The monoisotopic (exact) mass is 152 g/mol. The van der Waals surface area contributed by atoms with Crippen LogP contribution in [0.5, 0.6) is 0 Å². The summed E-state index contributed by atoms with van der Waals surface area (Å²) in [5.41, 5.74) is 0. The van der Waals surface area contributed by atoms with Gasteiger partial charge in [-0.05, 0) is 6.92 Å². The molecule has 0 rings (SSSR count). The highest BCUT2D eigenvalue weighted by Gasteiger charge is 1.79. The summed E-state index contributed by atoms with van der Waals surface area (Å²) in [6.07, 6.45) is 2.75. The fourth-order valence-corrected chi connectivity index (χ4v) is 0.498. The molecule has 0 aromatic carbocycles. The highest BCUT2D eigenvalue weighted by Crippen LogP contribution is 1.73. The summed E-state index contributed by atoms with van der Waals surface area (Å²) in [4.78, 5) is 0. The summed E-state index contributed by atoms with van der Waals surface area (Å²) in [6, 6.07) is 0. The van der Waals surface area contributed by atoms with Gasteiger partial charge in [-0.3, -0.25) is 4.18 Å². The Morgan fingerprint density at radius 3 is 1.67 bits per heavy atom. The van der Waals surface area contributed by atoms with E-state index in [0.717, 1.165) is 0 Å². The maximum absolute atomic E-state index is 9.93. The molecule has 0 aliphatic rings. The summed E-state index contributed by atoms with van der Waals surface area (Å²) >= 11 is -1.07. The predicted molar refractivity (Wildman–Crippen MR) is 41.7 cm³/mol. The van der Waals surface area contributed by atoms with Crippen LogP contribution < -0.4 is 0 Å². The first-order valence-corrected chi connectivity index (χ1v) is 4.63. The molecule has 0 aromatic rings. The minimum Gasteiger partial charge on any atom is -0.291 e. The van der Waals surface area contributed by atoms with Crippen molar-refractivity contribution < 1.29 is 8.39 Å². The molecule has 0 spiro atoms. The molecule has 3 heteroatoms. The Bertz CT molecular complexity index is 64.1. The van der Waals surface area contributed by atoms with Crippen molar-refractivity contribution in [2.75, 3.05) is 12.9 Å². The SMILES string of the molecule is CCC.CCOS(C)=O. The first-order chi connectivity index (χ1) is 4.18. The molecule has 9 heavy (non-hydrogen) atoms. The van der Waals surface area contributed by atoms with Crippen LogP contribution in [0, 0.1) is 0 Å². The van der Waals surface area contributed by atoms with Gasteiger partial charge in [0.2, 0.25) is 0 Å². The summed E-state index contributed by atoms with van der Waals surface area (Å²) in [5, 5.41) is 0. The van der Waals surface area contributed by atoms with Gasteiger partial charge in [0, 0.05) is 6.26 Å². The van der Waals surface area contributed by atoms with Gasteiger partial charge in [-0.15, -0.1) is 0 Å². The Hall–Kier alpha value is 0.110. The lowest BCUT2D eigenvalue weighted by atomic mass is 10.6. The molecule has 0 saturated heterocycles. The predicted octanol–water partition coefficient (Wildman–Crippen LogP) is 1.73. The average molecular weight is 152 g/mol. The van der Waals surface area contributed by atoms with Crippen molar-refractivity contribution in [2.45, 2.75) is 27.2 Å². The van der Waals surface area contributed by atoms with Crippen molar-refractivity contribution in [1.82, 2.24) is 0 Å². The van der Waals surface area contributed by atoms with Crippen LogP contribution >= 0.6 is 0 Å². The van der Waals surface area contributed by atoms with Crippen LogP contribution in [-0.2, 0) is 15.3 Å². The topological polar surface area (TPSA) is 26.3 Å². The van der Waals surface area contributed by atoms with E-state index in [1.54, 1.807) is 6.92 Å². The van der Waals surface area contributed by atoms with Gasteiger partial charge in [-0.1, -0.05) is 20.3 Å². The molecular formula is C6H16O2S. The second-order valence-electron chi connectivity index (χ2n) is 1.52. The molecule has 1 unspecified atom stereocenters. The molecule has 0 bridgehead atoms. The largest absolute Gasteiger partial charge is 0.291 e. The fourth-order valence-electron chi connectivity index (χ4n) is 0.166. The van der Waals surface area contributed by atoms with Crippen molar-refractivity contribution >= 4 is 11.1 Å². The van der Waals surface area contributed by atoms with E-state index < -0.39 is 11.1 Å². The van der Waals surface area contributed by atoms with Crippen molar-refractivity contribution in [1.29, 1.82) is 0 Å². The molecule has 1 atom stereocenters. The van der Waals surface area contributed by atoms with E-state index in [1.807, 2.05) is 0 Å². The Morgan fingerprint density at radius 1 is 1.33 bits per heavy atom. The first kappa shape index (κ1) is 11.9. The van der Waals surface area contributed by atoms with Gasteiger partial charge >= 0.3 is 0 Å². The summed E-state index contributed by atoms with van der Waals surface area (Å²) in [5.74, 6) is 0. The van der Waals surface area contributed by atoms with E-state index >= 15 is 0 Å². The van der Waals surface area contributed by atoms with Gasteiger partial charge in [-0.2, -0.15) is 0 Å². The summed E-state index contributed by atoms with van der Waals surface area (Å²) in [7, 11) is 0. The van der Waals surface area contributed by atoms with Gasteiger partial charge in [0.15, 0.2) is 11.1 Å². The van der Waals surface area contributed by atoms with Crippen molar-refractivity contribution in [3.63, 3.8) is 0 Å². The maximum atomic E-state index is 9.93. The van der Waals surface area contributed by atoms with Crippen molar-refractivity contribution in [3.05, 3.63) is 0 Å². The molecule has 0 aliphatic heterocycles. The van der Waals surface area contributed by atoms with Crippen LogP contribution in [0.2, 0.25) is 0 Å². The molecule has 58 valence electrons. The van der Waals surface area contributed by atoms with Crippen LogP contribution in [0.15, 0.2) is 0 Å². The molecule has 0 fully saturated rings. The fraction of sp³-hybridized carbons (Fsp3) is 1.00. The van der Waals surface area contributed by atoms with E-state index in [0.29, 0.717) is 6.61 Å². The van der Waals surface area contributed by atoms with E-state index in [1.165, 1.54) is 12.7 Å². The molecule has 2 nitrogen and oxygen atoms in total. The average Bonchev–Trinajstić information content (AvgIpc) is 1.67. The van der Waals surface area contributed by atoms with Gasteiger partial charge in [0.05, 0.1) is 6.61 Å². The van der Waals surface area contributed by atoms with E-state index in [9.17, 15) is 4.21 Å². The van der Waals surface area contributed by atoms with Crippen LogP contribution in [0.4, 0.5) is 0 Å². The van der Waals surface area contributed by atoms with Crippen LogP contribution in [0.1, 0.15) is 27.2 Å². The zero-order chi connectivity index (χ0) is 7.70. The van der Waals surface area contributed by atoms with Crippen LogP contribution in [-0.4, -0.2) is 17.1 Å². The lowest BCUT2D eigenvalue weighted by molar-refractivity contribution is 0.375. The van der Waals surface area contributed by atoms with E-state index in [2.05, 4.69) is 18.0 Å². The minimum atomic E-state index is -1.07. The number of hydrogen-bond acceptors (Lipinski definition) is 2. The van der Waals surface area contributed by atoms with Crippen LogP contribution in [0.25, 0.3) is 0 Å². The highest BCUT2D eigenvalue weighted by atomic mass is 32.2. The third kappa shape index (κ3) is 31.3. The molecule has 0 amide bonds. The molecular weight excluding hydrogens is 136 g/mol. The third-order valence-corrected chi connectivity index (χ3v) is 0.851. The van der Waals surface area contributed by atoms with E-state index in [-0.39, 0.29) is 0 Å². The number of rotatable bonds is 2. The lowest BCUT2D eigenvalue weighted by Crippen LogP contribution is -1.90. The maximum Gasteiger partial charge on any atom is 0.152 e. The summed E-state index contributed by atoms with van der Waals surface area (Å²) < 4.78 is 14.4. The lowest BCUT2D eigenvalue weighted by Gasteiger charge is -1.86. The second kappa shape index (κ2) is 11.0. The highest BCUT2D eigenvalue weighted by molar-refractivity contribution is 7.79. The molecule has 0 N–H and O–H groups in total. The van der Waals surface area contributed by atoms with E-state index in [4.69, 9.17) is 0 Å². The Morgan fingerprint density at radius 2 is 1.67 bits per heavy atom. The second-order valence-corrected chi connectivity index (χ2v) is 2.55. The standard InChI is InChI=1S/C3H8O2S.C3H8/c1-3-5-6(2)4;1-3-2/h3H2,1-2H3;3H2,1-2H3. The third-order valence-electron chi connectivity index (χ3n) is 0.284. The molecule has 0 aliphatic carbocycles. The number of hydrogen-bond donors (Lipinski definition) is 0. The van der Waals surface area contributed by atoms with Crippen molar-refractivity contribution in [2.24, 2.45) is 0 Å². The quantitative estimate of drug-likeness (QED) is 0.602. The molecule has 0 radical (unpaired) electrons. The Balaban J connectivity index is 0. The molecule has 0 aromatic heterocycles. The molecule has 0 heterocycles. The Kier molecular flexibility index (Phi) is 14.5. The van der Waals surface area contributed by atoms with Gasteiger partial charge in [0.25, 0.3) is 0 Å². The summed E-state index contributed by atoms with van der Waals surface area (Å²) in [6.45, 7) is 6.59. The zero-order valence-corrected chi connectivity index (χ0v) is 7.46. The molecule has 0 saturated carbocycles. The smallest absolute Gasteiger partial charge is 0.152 e. The zero-order valence-electron chi connectivity index (χ0n) is 6.64.